The summed E-state index contributed by atoms with van der Waals surface area (Å²) in [5, 5.41) is 5.96. The molecule has 0 bridgehead atoms. The van der Waals surface area contributed by atoms with Gasteiger partial charge < -0.3 is 15.4 Å². The monoisotopic (exact) mass is 234 g/mol. The number of methoxy groups -OCH3 is 1. The Hall–Kier alpha value is -2.04. The second kappa shape index (κ2) is 4.45. The molecule has 1 aliphatic heterocycles. The van der Waals surface area contributed by atoms with E-state index in [1.807, 2.05) is 6.92 Å². The third-order valence-corrected chi connectivity index (χ3v) is 2.61. The van der Waals surface area contributed by atoms with Gasteiger partial charge in [-0.1, -0.05) is 0 Å². The lowest BCUT2D eigenvalue weighted by atomic mass is 10.1. The van der Waals surface area contributed by atoms with E-state index in [0.29, 0.717) is 17.7 Å². The van der Waals surface area contributed by atoms with Crippen molar-refractivity contribution in [1.82, 2.24) is 0 Å². The molecule has 0 saturated heterocycles. The normalized spacial score (nSPS) is 18.5. The largest absolute Gasteiger partial charge is 0.465 e. The van der Waals surface area contributed by atoms with Crippen molar-refractivity contribution in [3.8, 4) is 0 Å². The minimum Gasteiger partial charge on any atom is -0.465 e. The highest BCUT2D eigenvalue weighted by Crippen LogP contribution is 2.27. The highest BCUT2D eigenvalue weighted by molar-refractivity contribution is 5.98. The van der Waals surface area contributed by atoms with Crippen molar-refractivity contribution in [3.05, 3.63) is 23.8 Å². The van der Waals surface area contributed by atoms with Crippen LogP contribution < -0.4 is 10.6 Å². The topological polar surface area (TPSA) is 67.4 Å². The van der Waals surface area contributed by atoms with E-state index in [1.165, 1.54) is 7.11 Å². The summed E-state index contributed by atoms with van der Waals surface area (Å²) in [5.41, 5.74) is 1.89. The second-order valence-electron chi connectivity index (χ2n) is 4.05. The number of hydrogen-bond acceptors (Lipinski definition) is 4. The molecule has 1 amide bonds. The van der Waals surface area contributed by atoms with E-state index in [9.17, 15) is 9.59 Å². The lowest BCUT2D eigenvalue weighted by molar-refractivity contribution is -0.116. The Bertz CT molecular complexity index is 471. The van der Waals surface area contributed by atoms with Gasteiger partial charge in [0.25, 0.3) is 0 Å². The van der Waals surface area contributed by atoms with Crippen molar-refractivity contribution in [2.24, 2.45) is 0 Å². The molecule has 0 aromatic heterocycles. The van der Waals surface area contributed by atoms with E-state index in [1.54, 1.807) is 18.2 Å². The molecule has 0 fully saturated rings. The first kappa shape index (κ1) is 11.4. The van der Waals surface area contributed by atoms with E-state index in [4.69, 9.17) is 0 Å². The molecule has 0 saturated carbocycles. The second-order valence-corrected chi connectivity index (χ2v) is 4.05. The van der Waals surface area contributed by atoms with Crippen molar-refractivity contribution in [1.29, 1.82) is 0 Å². The van der Waals surface area contributed by atoms with Crippen LogP contribution in [0.1, 0.15) is 23.7 Å². The van der Waals surface area contributed by atoms with Gasteiger partial charge in [-0.15, -0.1) is 0 Å². The predicted molar refractivity (Wildman–Crippen MR) is 64.1 cm³/mol. The SMILES string of the molecule is COC(=O)c1ccc2c(c1)NC(C)CC(=O)N2. The lowest BCUT2D eigenvalue weighted by Gasteiger charge is -2.12. The molecule has 1 aromatic carbocycles. The molecule has 1 aliphatic rings. The van der Waals surface area contributed by atoms with Gasteiger partial charge in [0.05, 0.1) is 24.0 Å². The van der Waals surface area contributed by atoms with E-state index in [-0.39, 0.29) is 11.9 Å². The number of carbonyl (C=O) groups excluding carboxylic acids is 2. The molecular weight excluding hydrogens is 220 g/mol. The summed E-state index contributed by atoms with van der Waals surface area (Å²) < 4.78 is 4.65. The number of carbonyl (C=O) groups is 2. The number of nitrogens with one attached hydrogen (secondary N) is 2. The van der Waals surface area contributed by atoms with Crippen molar-refractivity contribution >= 4 is 23.3 Å². The average Bonchev–Trinajstić information content (AvgIpc) is 2.43. The zero-order chi connectivity index (χ0) is 12.4. The summed E-state index contributed by atoms with van der Waals surface area (Å²) in [6.07, 6.45) is 0.405. The van der Waals surface area contributed by atoms with Gasteiger partial charge in [0.1, 0.15) is 0 Å². The van der Waals surface area contributed by atoms with Crippen LogP contribution in [0.2, 0.25) is 0 Å². The van der Waals surface area contributed by atoms with E-state index < -0.39 is 5.97 Å². The molecular formula is C12H14N2O3. The quantitative estimate of drug-likeness (QED) is 0.724. The van der Waals surface area contributed by atoms with Gasteiger partial charge in [-0.25, -0.2) is 4.79 Å². The van der Waals surface area contributed by atoms with Gasteiger partial charge >= 0.3 is 5.97 Å². The van der Waals surface area contributed by atoms with Crippen molar-refractivity contribution in [2.45, 2.75) is 19.4 Å². The number of benzene rings is 1. The maximum absolute atomic E-state index is 11.5. The third kappa shape index (κ3) is 2.38. The van der Waals surface area contributed by atoms with Crippen LogP contribution in [0, 0.1) is 0 Å². The van der Waals surface area contributed by atoms with Crippen LogP contribution in [0.5, 0.6) is 0 Å². The van der Waals surface area contributed by atoms with Gasteiger partial charge in [-0.05, 0) is 25.1 Å². The van der Waals surface area contributed by atoms with Crippen molar-refractivity contribution < 1.29 is 14.3 Å². The van der Waals surface area contributed by atoms with E-state index in [2.05, 4.69) is 15.4 Å². The smallest absolute Gasteiger partial charge is 0.337 e. The Morgan fingerprint density at radius 1 is 1.41 bits per heavy atom. The molecule has 1 unspecified atom stereocenters. The number of hydrogen-bond donors (Lipinski definition) is 2. The van der Waals surface area contributed by atoms with Crippen LogP contribution in [0.4, 0.5) is 11.4 Å². The molecule has 1 heterocycles. The number of anilines is 2. The van der Waals surface area contributed by atoms with Crippen LogP contribution >= 0.6 is 0 Å². The number of ether oxygens (including phenoxy) is 1. The van der Waals surface area contributed by atoms with Gasteiger partial charge in [0.15, 0.2) is 0 Å². The zero-order valence-electron chi connectivity index (χ0n) is 9.74. The summed E-state index contributed by atoms with van der Waals surface area (Å²) in [4.78, 5) is 22.9. The zero-order valence-corrected chi connectivity index (χ0v) is 9.74. The number of rotatable bonds is 1. The van der Waals surface area contributed by atoms with Crippen LogP contribution in [-0.4, -0.2) is 25.0 Å². The standard InChI is InChI=1S/C12H14N2O3/c1-7-5-11(15)14-9-4-3-8(12(16)17-2)6-10(9)13-7/h3-4,6-7,13H,5H2,1-2H3,(H,14,15). The summed E-state index contributed by atoms with van der Waals surface area (Å²) in [6, 6.07) is 5.04. The number of amides is 1. The molecule has 17 heavy (non-hydrogen) atoms. The molecule has 1 aromatic rings. The Morgan fingerprint density at radius 3 is 2.88 bits per heavy atom. The molecule has 5 heteroatoms. The summed E-state index contributed by atoms with van der Waals surface area (Å²) in [7, 11) is 1.34. The Kier molecular flexibility index (Phi) is 2.99. The van der Waals surface area contributed by atoms with Crippen LogP contribution in [-0.2, 0) is 9.53 Å². The molecule has 2 N–H and O–H groups in total. The van der Waals surface area contributed by atoms with Crippen molar-refractivity contribution in [2.75, 3.05) is 17.7 Å². The Balaban J connectivity index is 2.37. The van der Waals surface area contributed by atoms with E-state index >= 15 is 0 Å². The van der Waals surface area contributed by atoms with Gasteiger partial charge in [-0.2, -0.15) is 0 Å². The van der Waals surface area contributed by atoms with E-state index in [0.717, 1.165) is 5.69 Å². The fourth-order valence-electron chi connectivity index (χ4n) is 1.81. The summed E-state index contributed by atoms with van der Waals surface area (Å²) in [6.45, 7) is 1.92. The lowest BCUT2D eigenvalue weighted by Crippen LogP contribution is -2.18. The summed E-state index contributed by atoms with van der Waals surface area (Å²) in [5.74, 6) is -0.424. The highest BCUT2D eigenvalue weighted by Gasteiger charge is 2.18. The number of esters is 1. The minimum absolute atomic E-state index is 0.0316. The minimum atomic E-state index is -0.391. The van der Waals surface area contributed by atoms with Gasteiger partial charge in [0.2, 0.25) is 5.91 Å². The first-order valence-corrected chi connectivity index (χ1v) is 5.39. The van der Waals surface area contributed by atoms with Gasteiger partial charge in [-0.3, -0.25) is 4.79 Å². The molecule has 2 rings (SSSR count). The predicted octanol–water partition coefficient (Wildman–Crippen LogP) is 1.62. The van der Waals surface area contributed by atoms with Gasteiger partial charge in [0, 0.05) is 12.5 Å². The Morgan fingerprint density at radius 2 is 2.18 bits per heavy atom. The molecule has 0 aliphatic carbocycles. The molecule has 0 spiro atoms. The highest BCUT2D eigenvalue weighted by atomic mass is 16.5. The third-order valence-electron chi connectivity index (χ3n) is 2.61. The molecule has 0 radical (unpaired) electrons. The van der Waals surface area contributed by atoms with Crippen LogP contribution in [0.15, 0.2) is 18.2 Å². The van der Waals surface area contributed by atoms with Crippen LogP contribution in [0.25, 0.3) is 0 Å². The maximum Gasteiger partial charge on any atom is 0.337 e. The molecule has 90 valence electrons. The first-order valence-electron chi connectivity index (χ1n) is 5.39. The number of fused-ring (bicyclic) bond motifs is 1. The average molecular weight is 234 g/mol. The molecule has 5 nitrogen and oxygen atoms in total. The first-order chi connectivity index (χ1) is 8.10. The summed E-state index contributed by atoms with van der Waals surface area (Å²) >= 11 is 0. The van der Waals surface area contributed by atoms with Crippen molar-refractivity contribution in [3.63, 3.8) is 0 Å². The molecule has 1 atom stereocenters. The van der Waals surface area contributed by atoms with Crippen LogP contribution in [0.3, 0.4) is 0 Å². The maximum atomic E-state index is 11.5. The fourth-order valence-corrected chi connectivity index (χ4v) is 1.81. The Labute approximate surface area is 99.2 Å². The fraction of sp³-hybridized carbons (Fsp3) is 0.333.